The Balaban J connectivity index is 2.29. The predicted octanol–water partition coefficient (Wildman–Crippen LogP) is 1.83. The van der Waals surface area contributed by atoms with Crippen LogP contribution in [0.3, 0.4) is 0 Å². The number of rotatable bonds is 5. The number of hydrogen-bond donors (Lipinski definition) is 2. The first-order valence-electron chi connectivity index (χ1n) is 4.84. The lowest BCUT2D eigenvalue weighted by Gasteiger charge is -2.06. The molecule has 0 atom stereocenters. The zero-order valence-corrected chi connectivity index (χ0v) is 12.1. The molecular weight excluding hydrogens is 338 g/mol. The highest BCUT2D eigenvalue weighted by atomic mass is 79.9. The molecule has 2 N–H and O–H groups in total. The van der Waals surface area contributed by atoms with E-state index in [-0.39, 0.29) is 5.91 Å². The van der Waals surface area contributed by atoms with E-state index in [1.54, 1.807) is 6.20 Å². The van der Waals surface area contributed by atoms with Crippen LogP contribution in [0.25, 0.3) is 0 Å². The second-order valence-corrected chi connectivity index (χ2v) is 5.01. The second-order valence-electron chi connectivity index (χ2n) is 3.24. The molecule has 0 fully saturated rings. The summed E-state index contributed by atoms with van der Waals surface area (Å²) < 4.78 is 1.91. The van der Waals surface area contributed by atoms with Crippen molar-refractivity contribution in [1.82, 2.24) is 15.6 Å². The number of carbonyl (C=O) groups is 1. The van der Waals surface area contributed by atoms with Gasteiger partial charge >= 0.3 is 0 Å². The SMILES string of the molecule is CC(=O)NCCNCc1ncc(Br)cc1Br. The van der Waals surface area contributed by atoms with E-state index in [9.17, 15) is 4.79 Å². The molecule has 0 radical (unpaired) electrons. The Bertz CT molecular complexity index is 371. The van der Waals surface area contributed by atoms with Crippen LogP contribution in [0.2, 0.25) is 0 Å². The van der Waals surface area contributed by atoms with E-state index in [4.69, 9.17) is 0 Å². The number of aromatic nitrogens is 1. The molecule has 0 aromatic carbocycles. The Kier molecular flexibility index (Phi) is 5.94. The quantitative estimate of drug-likeness (QED) is 0.796. The van der Waals surface area contributed by atoms with Gasteiger partial charge in [-0.1, -0.05) is 0 Å². The average molecular weight is 351 g/mol. The molecule has 4 nitrogen and oxygen atoms in total. The number of halogens is 2. The van der Waals surface area contributed by atoms with E-state index >= 15 is 0 Å². The van der Waals surface area contributed by atoms with Gasteiger partial charge in [-0.15, -0.1) is 0 Å². The molecule has 1 aromatic heterocycles. The van der Waals surface area contributed by atoms with Crippen LogP contribution < -0.4 is 10.6 Å². The Morgan fingerprint density at radius 3 is 2.81 bits per heavy atom. The Morgan fingerprint density at radius 1 is 1.44 bits per heavy atom. The number of pyridine rings is 1. The van der Waals surface area contributed by atoms with E-state index in [0.29, 0.717) is 13.1 Å². The van der Waals surface area contributed by atoms with Crippen molar-refractivity contribution in [2.75, 3.05) is 13.1 Å². The summed E-state index contributed by atoms with van der Waals surface area (Å²) in [6.07, 6.45) is 1.76. The predicted molar refractivity (Wildman–Crippen MR) is 70.0 cm³/mol. The van der Waals surface area contributed by atoms with Gasteiger partial charge in [0.1, 0.15) is 0 Å². The number of amides is 1. The highest BCUT2D eigenvalue weighted by Crippen LogP contribution is 2.19. The average Bonchev–Trinajstić information content (AvgIpc) is 2.20. The van der Waals surface area contributed by atoms with Gasteiger partial charge in [-0.05, 0) is 37.9 Å². The third kappa shape index (κ3) is 5.05. The zero-order valence-electron chi connectivity index (χ0n) is 8.89. The van der Waals surface area contributed by atoms with Gasteiger partial charge in [0.05, 0.1) is 5.69 Å². The second kappa shape index (κ2) is 6.98. The van der Waals surface area contributed by atoms with Gasteiger partial charge in [-0.2, -0.15) is 0 Å². The van der Waals surface area contributed by atoms with E-state index in [2.05, 4.69) is 47.5 Å². The summed E-state index contributed by atoms with van der Waals surface area (Å²) in [7, 11) is 0. The lowest BCUT2D eigenvalue weighted by atomic mass is 10.3. The van der Waals surface area contributed by atoms with Crippen LogP contribution >= 0.6 is 31.9 Å². The summed E-state index contributed by atoms with van der Waals surface area (Å²) in [5.74, 6) is -0.00949. The first-order chi connectivity index (χ1) is 7.59. The Hall–Kier alpha value is -0.460. The first-order valence-corrected chi connectivity index (χ1v) is 6.43. The lowest BCUT2D eigenvalue weighted by Crippen LogP contribution is -2.30. The topological polar surface area (TPSA) is 54.0 Å². The van der Waals surface area contributed by atoms with Crippen LogP contribution in [-0.2, 0) is 11.3 Å². The fourth-order valence-corrected chi connectivity index (χ4v) is 2.23. The molecule has 88 valence electrons. The summed E-state index contributed by atoms with van der Waals surface area (Å²) in [5.41, 5.74) is 0.950. The molecule has 0 saturated heterocycles. The van der Waals surface area contributed by atoms with E-state index in [1.807, 2.05) is 6.07 Å². The van der Waals surface area contributed by atoms with Crippen molar-refractivity contribution in [3.05, 3.63) is 26.9 Å². The smallest absolute Gasteiger partial charge is 0.216 e. The van der Waals surface area contributed by atoms with Crippen LogP contribution in [-0.4, -0.2) is 24.0 Å². The molecule has 1 amide bonds. The van der Waals surface area contributed by atoms with Crippen LogP contribution in [0.4, 0.5) is 0 Å². The molecule has 16 heavy (non-hydrogen) atoms. The van der Waals surface area contributed by atoms with Gasteiger partial charge in [-0.3, -0.25) is 9.78 Å². The molecule has 1 heterocycles. The molecule has 1 aromatic rings. The van der Waals surface area contributed by atoms with Crippen LogP contribution in [0.5, 0.6) is 0 Å². The third-order valence-corrected chi connectivity index (χ3v) is 2.97. The summed E-state index contributed by atoms with van der Waals surface area (Å²) in [5, 5.41) is 5.91. The summed E-state index contributed by atoms with van der Waals surface area (Å²) in [4.78, 5) is 14.9. The minimum absolute atomic E-state index is 0.00949. The van der Waals surface area contributed by atoms with Crippen molar-refractivity contribution in [2.24, 2.45) is 0 Å². The van der Waals surface area contributed by atoms with Crippen molar-refractivity contribution in [2.45, 2.75) is 13.5 Å². The number of carbonyl (C=O) groups excluding carboxylic acids is 1. The van der Waals surface area contributed by atoms with Crippen molar-refractivity contribution in [3.63, 3.8) is 0 Å². The number of nitrogens with one attached hydrogen (secondary N) is 2. The molecule has 6 heteroatoms. The monoisotopic (exact) mass is 349 g/mol. The minimum atomic E-state index is -0.00949. The first kappa shape index (κ1) is 13.6. The number of nitrogens with zero attached hydrogens (tertiary/aromatic N) is 1. The van der Waals surface area contributed by atoms with E-state index < -0.39 is 0 Å². The highest BCUT2D eigenvalue weighted by Gasteiger charge is 2.01. The van der Waals surface area contributed by atoms with Crippen molar-refractivity contribution in [3.8, 4) is 0 Å². The van der Waals surface area contributed by atoms with Crippen LogP contribution in [0.15, 0.2) is 21.2 Å². The van der Waals surface area contributed by atoms with Crippen molar-refractivity contribution in [1.29, 1.82) is 0 Å². The zero-order chi connectivity index (χ0) is 12.0. The molecular formula is C10H13Br2N3O. The lowest BCUT2D eigenvalue weighted by molar-refractivity contribution is -0.118. The molecule has 0 spiro atoms. The largest absolute Gasteiger partial charge is 0.355 e. The van der Waals surface area contributed by atoms with Gasteiger partial charge < -0.3 is 10.6 Å². The normalized spacial score (nSPS) is 10.2. The summed E-state index contributed by atoms with van der Waals surface area (Å²) >= 11 is 6.78. The van der Waals surface area contributed by atoms with Gasteiger partial charge in [0.25, 0.3) is 0 Å². The minimum Gasteiger partial charge on any atom is -0.355 e. The van der Waals surface area contributed by atoms with Crippen LogP contribution in [0, 0.1) is 0 Å². The molecule has 0 aliphatic heterocycles. The third-order valence-electron chi connectivity index (χ3n) is 1.85. The summed E-state index contributed by atoms with van der Waals surface area (Å²) in [6.45, 7) is 3.54. The van der Waals surface area contributed by atoms with Gasteiger partial charge in [0, 0.05) is 41.7 Å². The fourth-order valence-electron chi connectivity index (χ4n) is 1.11. The molecule has 0 unspecified atom stereocenters. The Morgan fingerprint density at radius 2 is 2.19 bits per heavy atom. The highest BCUT2D eigenvalue weighted by molar-refractivity contribution is 9.11. The van der Waals surface area contributed by atoms with Gasteiger partial charge in [-0.25, -0.2) is 0 Å². The van der Waals surface area contributed by atoms with Gasteiger partial charge in [0.2, 0.25) is 5.91 Å². The maximum Gasteiger partial charge on any atom is 0.216 e. The maximum atomic E-state index is 10.6. The number of hydrogen-bond acceptors (Lipinski definition) is 3. The van der Waals surface area contributed by atoms with E-state index in [0.717, 1.165) is 21.2 Å². The van der Waals surface area contributed by atoms with Crippen molar-refractivity contribution < 1.29 is 4.79 Å². The molecule has 1 rings (SSSR count). The molecule has 0 bridgehead atoms. The summed E-state index contributed by atoms with van der Waals surface area (Å²) in [6, 6.07) is 1.96. The molecule has 0 aliphatic carbocycles. The Labute approximate surface area is 111 Å². The van der Waals surface area contributed by atoms with Gasteiger partial charge in [0.15, 0.2) is 0 Å². The molecule has 0 aliphatic rings. The standard InChI is InChI=1S/C10H13Br2N3O/c1-7(16)14-3-2-13-6-10-9(12)4-8(11)5-15-10/h4-5,13H,2-3,6H2,1H3,(H,14,16). The van der Waals surface area contributed by atoms with Crippen LogP contribution in [0.1, 0.15) is 12.6 Å². The maximum absolute atomic E-state index is 10.6. The van der Waals surface area contributed by atoms with E-state index in [1.165, 1.54) is 6.92 Å². The fraction of sp³-hybridized carbons (Fsp3) is 0.400. The molecule has 0 saturated carbocycles. The van der Waals surface area contributed by atoms with Crippen molar-refractivity contribution >= 4 is 37.8 Å².